The molecule has 100 valence electrons. The molecule has 0 saturated carbocycles. The van der Waals surface area contributed by atoms with Crippen LogP contribution in [0.5, 0.6) is 0 Å². The first kappa shape index (κ1) is 13.8. The second kappa shape index (κ2) is 4.80. The Bertz CT molecular complexity index is 421. The first-order chi connectivity index (χ1) is 8.32. The third-order valence-electron chi connectivity index (χ3n) is 3.85. The van der Waals surface area contributed by atoms with Gasteiger partial charge in [-0.05, 0) is 30.9 Å². The molecule has 0 amide bonds. The van der Waals surface area contributed by atoms with E-state index in [1.807, 2.05) is 0 Å². The second-order valence-electron chi connectivity index (χ2n) is 6.49. The van der Waals surface area contributed by atoms with Crippen LogP contribution in [0.15, 0.2) is 24.3 Å². The first-order valence-corrected chi connectivity index (χ1v) is 7.76. The topological polar surface area (TPSA) is 3.24 Å². The number of hydrogen-bond acceptors (Lipinski definition) is 2. The van der Waals surface area contributed by atoms with Gasteiger partial charge in [-0.1, -0.05) is 45.9 Å². The van der Waals surface area contributed by atoms with Crippen molar-refractivity contribution in [2.45, 2.75) is 58.2 Å². The summed E-state index contributed by atoms with van der Waals surface area (Å²) < 4.78 is 0. The van der Waals surface area contributed by atoms with Gasteiger partial charge in [-0.2, -0.15) is 0 Å². The highest BCUT2D eigenvalue weighted by atomic mass is 32.2. The molecule has 0 bridgehead atoms. The summed E-state index contributed by atoms with van der Waals surface area (Å²) in [6.45, 7) is 14.0. The van der Waals surface area contributed by atoms with Crippen molar-refractivity contribution >= 4 is 17.4 Å². The smallest absolute Gasteiger partial charge is 0.0805 e. The molecule has 2 heteroatoms. The van der Waals surface area contributed by atoms with Crippen LogP contribution in [-0.2, 0) is 0 Å². The number of para-hydroxylation sites is 1. The molecule has 18 heavy (non-hydrogen) atoms. The fourth-order valence-electron chi connectivity index (χ4n) is 2.64. The molecule has 1 aromatic carbocycles. The number of hydrogen-bond donors (Lipinski definition) is 0. The molecule has 0 radical (unpaired) electrons. The fourth-order valence-corrected chi connectivity index (χ4v) is 4.25. The Morgan fingerprint density at radius 1 is 1.11 bits per heavy atom. The Kier molecular flexibility index (Phi) is 3.68. The highest BCUT2D eigenvalue weighted by molar-refractivity contribution is 8.01. The maximum absolute atomic E-state index is 2.63. The van der Waals surface area contributed by atoms with Gasteiger partial charge in [-0.3, -0.25) is 0 Å². The summed E-state index contributed by atoms with van der Waals surface area (Å²) in [7, 11) is 0. The van der Waals surface area contributed by atoms with Crippen molar-refractivity contribution in [2.24, 2.45) is 5.41 Å². The summed E-state index contributed by atoms with van der Waals surface area (Å²) >= 11 is 2.12. The molecule has 1 nitrogen and oxygen atoms in total. The molecule has 1 aliphatic rings. The van der Waals surface area contributed by atoms with Gasteiger partial charge in [0.25, 0.3) is 0 Å². The Balaban J connectivity index is 2.42. The molecule has 2 unspecified atom stereocenters. The molecule has 0 N–H and O–H groups in total. The molecular formula is C16H25NS. The molecule has 1 aromatic rings. The van der Waals surface area contributed by atoms with Gasteiger partial charge >= 0.3 is 0 Å². The Labute approximate surface area is 116 Å². The largest absolute Gasteiger partial charge is 0.355 e. The van der Waals surface area contributed by atoms with Crippen molar-refractivity contribution in [3.8, 4) is 0 Å². The number of nitrogens with zero attached hydrogens (tertiary/aromatic N) is 1. The standard InChI is InChI=1S/C16H25NS/c1-11-9-7-8-10-14(11)17-12(2)13(3)18-15(17)16(4,5)6/h7-10,12-13,15H,1-6H3/t12-,13?,15?/m0/s1. The molecule has 0 aliphatic carbocycles. The van der Waals surface area contributed by atoms with E-state index in [2.05, 4.69) is 82.5 Å². The molecule has 0 spiro atoms. The molecule has 3 atom stereocenters. The average molecular weight is 263 g/mol. The zero-order valence-electron chi connectivity index (χ0n) is 12.4. The van der Waals surface area contributed by atoms with Gasteiger partial charge < -0.3 is 4.90 Å². The van der Waals surface area contributed by atoms with E-state index in [1.165, 1.54) is 11.3 Å². The molecular weight excluding hydrogens is 238 g/mol. The third kappa shape index (κ3) is 2.40. The highest BCUT2D eigenvalue weighted by Gasteiger charge is 2.43. The molecule has 1 heterocycles. The SMILES string of the molecule is Cc1ccccc1N1C(C(C)(C)C)SC(C)[C@@H]1C. The summed E-state index contributed by atoms with van der Waals surface area (Å²) in [6.07, 6.45) is 0. The van der Waals surface area contributed by atoms with Crippen molar-refractivity contribution in [1.82, 2.24) is 0 Å². The summed E-state index contributed by atoms with van der Waals surface area (Å²) in [5.41, 5.74) is 3.08. The normalized spacial score (nSPS) is 28.8. The summed E-state index contributed by atoms with van der Waals surface area (Å²) in [6, 6.07) is 9.36. The second-order valence-corrected chi connectivity index (χ2v) is 7.96. The lowest BCUT2D eigenvalue weighted by atomic mass is 9.94. The third-order valence-corrected chi connectivity index (χ3v) is 5.86. The van der Waals surface area contributed by atoms with Gasteiger partial charge in [0.2, 0.25) is 0 Å². The lowest BCUT2D eigenvalue weighted by Crippen LogP contribution is -2.42. The number of rotatable bonds is 1. The lowest BCUT2D eigenvalue weighted by molar-refractivity contribution is 0.379. The van der Waals surface area contributed by atoms with Crippen LogP contribution in [0.1, 0.15) is 40.2 Å². The fraction of sp³-hybridized carbons (Fsp3) is 0.625. The van der Waals surface area contributed by atoms with Crippen LogP contribution in [0.4, 0.5) is 5.69 Å². The van der Waals surface area contributed by atoms with E-state index in [1.54, 1.807) is 0 Å². The minimum atomic E-state index is 0.298. The van der Waals surface area contributed by atoms with Crippen LogP contribution in [-0.4, -0.2) is 16.7 Å². The van der Waals surface area contributed by atoms with Crippen LogP contribution in [0.25, 0.3) is 0 Å². The van der Waals surface area contributed by atoms with E-state index in [4.69, 9.17) is 0 Å². The predicted molar refractivity (Wildman–Crippen MR) is 83.4 cm³/mol. The van der Waals surface area contributed by atoms with E-state index in [0.29, 0.717) is 22.1 Å². The van der Waals surface area contributed by atoms with Crippen LogP contribution >= 0.6 is 11.8 Å². The predicted octanol–water partition coefficient (Wildman–Crippen LogP) is 4.70. The van der Waals surface area contributed by atoms with E-state index < -0.39 is 0 Å². The van der Waals surface area contributed by atoms with E-state index >= 15 is 0 Å². The van der Waals surface area contributed by atoms with Gasteiger partial charge in [0, 0.05) is 17.0 Å². The van der Waals surface area contributed by atoms with Gasteiger partial charge in [-0.15, -0.1) is 11.8 Å². The van der Waals surface area contributed by atoms with Crippen molar-refractivity contribution in [1.29, 1.82) is 0 Å². The van der Waals surface area contributed by atoms with Crippen LogP contribution < -0.4 is 4.90 Å². The molecule has 0 aromatic heterocycles. The molecule has 1 aliphatic heterocycles. The Morgan fingerprint density at radius 3 is 2.28 bits per heavy atom. The minimum absolute atomic E-state index is 0.298. The summed E-state index contributed by atoms with van der Waals surface area (Å²) in [4.78, 5) is 2.63. The number of benzene rings is 1. The van der Waals surface area contributed by atoms with Crippen molar-refractivity contribution in [2.75, 3.05) is 4.90 Å². The zero-order chi connectivity index (χ0) is 13.5. The minimum Gasteiger partial charge on any atom is -0.355 e. The first-order valence-electron chi connectivity index (χ1n) is 6.82. The van der Waals surface area contributed by atoms with Crippen molar-refractivity contribution < 1.29 is 0 Å². The number of anilines is 1. The van der Waals surface area contributed by atoms with Gasteiger partial charge in [0.1, 0.15) is 0 Å². The van der Waals surface area contributed by atoms with Crippen LogP contribution in [0.3, 0.4) is 0 Å². The number of thioether (sulfide) groups is 1. The summed E-state index contributed by atoms with van der Waals surface area (Å²) in [5, 5.41) is 1.25. The van der Waals surface area contributed by atoms with E-state index in [-0.39, 0.29) is 0 Å². The Morgan fingerprint density at radius 2 is 1.72 bits per heavy atom. The molecule has 2 rings (SSSR count). The lowest BCUT2D eigenvalue weighted by Gasteiger charge is -2.38. The van der Waals surface area contributed by atoms with E-state index in [0.717, 1.165) is 0 Å². The maximum atomic E-state index is 2.63. The molecule has 1 saturated heterocycles. The van der Waals surface area contributed by atoms with Gasteiger partial charge in [0.05, 0.1) is 5.37 Å². The monoisotopic (exact) mass is 263 g/mol. The highest BCUT2D eigenvalue weighted by Crippen LogP contribution is 2.47. The van der Waals surface area contributed by atoms with Crippen LogP contribution in [0, 0.1) is 12.3 Å². The van der Waals surface area contributed by atoms with Crippen LogP contribution in [0.2, 0.25) is 0 Å². The molecule has 1 fully saturated rings. The number of aryl methyl sites for hydroxylation is 1. The average Bonchev–Trinajstić information content (AvgIpc) is 2.57. The van der Waals surface area contributed by atoms with E-state index in [9.17, 15) is 0 Å². The quantitative estimate of drug-likeness (QED) is 0.722. The zero-order valence-corrected chi connectivity index (χ0v) is 13.2. The van der Waals surface area contributed by atoms with Gasteiger partial charge in [-0.25, -0.2) is 0 Å². The van der Waals surface area contributed by atoms with Gasteiger partial charge in [0.15, 0.2) is 0 Å². The van der Waals surface area contributed by atoms with Crippen molar-refractivity contribution in [3.05, 3.63) is 29.8 Å². The summed E-state index contributed by atoms with van der Waals surface area (Å²) in [5.74, 6) is 0. The Hall–Kier alpha value is -0.630. The maximum Gasteiger partial charge on any atom is 0.0805 e. The van der Waals surface area contributed by atoms with Crippen molar-refractivity contribution in [3.63, 3.8) is 0 Å².